The molecule has 0 spiro atoms. The molecule has 3 aromatic heterocycles. The van der Waals surface area contributed by atoms with Crippen molar-refractivity contribution >= 4 is 33.0 Å². The lowest BCUT2D eigenvalue weighted by Crippen LogP contribution is -2.14. The minimum absolute atomic E-state index is 0.255. The first-order valence-corrected chi connectivity index (χ1v) is 18.5. The number of para-hydroxylation sites is 2. The van der Waals surface area contributed by atoms with E-state index in [0.717, 1.165) is 72.0 Å². The van der Waals surface area contributed by atoms with Crippen LogP contribution in [0.15, 0.2) is 167 Å². The highest BCUT2D eigenvalue weighted by atomic mass is 16.3. The normalized spacial score (nSPS) is 13.1. The Balaban J connectivity index is 1.06. The topological polar surface area (TPSA) is 77.8 Å². The van der Waals surface area contributed by atoms with Gasteiger partial charge in [0.1, 0.15) is 16.7 Å². The third-order valence-corrected chi connectivity index (χ3v) is 11.0. The predicted molar refractivity (Wildman–Crippen MR) is 219 cm³/mol. The van der Waals surface area contributed by atoms with Crippen molar-refractivity contribution in [2.75, 3.05) is 0 Å². The molecule has 260 valence electrons. The summed E-state index contributed by atoms with van der Waals surface area (Å²) in [6.45, 7) is 4.58. The van der Waals surface area contributed by atoms with Crippen LogP contribution in [0.4, 0.5) is 0 Å². The van der Waals surface area contributed by atoms with Crippen LogP contribution in [0.5, 0.6) is 0 Å². The zero-order chi connectivity index (χ0) is 36.7. The van der Waals surface area contributed by atoms with Crippen molar-refractivity contribution in [3.63, 3.8) is 0 Å². The van der Waals surface area contributed by atoms with Crippen molar-refractivity contribution in [1.29, 1.82) is 0 Å². The van der Waals surface area contributed by atoms with Crippen LogP contribution < -0.4 is 0 Å². The Morgan fingerprint density at radius 3 is 1.64 bits per heavy atom. The van der Waals surface area contributed by atoms with E-state index in [1.807, 2.05) is 97.1 Å². The van der Waals surface area contributed by atoms with Gasteiger partial charge in [0, 0.05) is 44.0 Å². The van der Waals surface area contributed by atoms with Crippen LogP contribution >= 0.6 is 0 Å². The maximum atomic E-state index is 6.93. The number of hydrogen-bond donors (Lipinski definition) is 0. The summed E-state index contributed by atoms with van der Waals surface area (Å²) in [4.78, 5) is 19.8. The van der Waals surface area contributed by atoms with Gasteiger partial charge in [-0.05, 0) is 52.6 Å². The highest BCUT2D eigenvalue weighted by molar-refractivity contribution is 6.13. The quantitative estimate of drug-likeness (QED) is 0.177. The van der Waals surface area contributed by atoms with Crippen LogP contribution in [0.3, 0.4) is 0 Å². The average molecular weight is 709 g/mol. The average Bonchev–Trinajstić information content (AvgIpc) is 3.92. The van der Waals surface area contributed by atoms with Gasteiger partial charge in [-0.2, -0.15) is 0 Å². The molecule has 0 radical (unpaired) electrons. The summed E-state index contributed by atoms with van der Waals surface area (Å²) in [5.41, 5.74) is 13.5. The van der Waals surface area contributed by atoms with Gasteiger partial charge in [0.05, 0.1) is 5.56 Å². The Morgan fingerprint density at radius 1 is 0.400 bits per heavy atom. The molecule has 6 heteroatoms. The van der Waals surface area contributed by atoms with Gasteiger partial charge in [-0.3, -0.25) is 0 Å². The number of hydrogen-bond acceptors (Lipinski definition) is 6. The summed E-state index contributed by atoms with van der Waals surface area (Å²) in [7, 11) is 0. The lowest BCUT2D eigenvalue weighted by Gasteiger charge is -2.22. The van der Waals surface area contributed by atoms with Crippen LogP contribution in [-0.2, 0) is 5.41 Å². The fourth-order valence-electron chi connectivity index (χ4n) is 8.23. The highest BCUT2D eigenvalue weighted by Crippen LogP contribution is 2.53. The highest BCUT2D eigenvalue weighted by Gasteiger charge is 2.38. The van der Waals surface area contributed by atoms with Gasteiger partial charge >= 0.3 is 0 Å². The minimum atomic E-state index is -0.255. The second-order valence-electron chi connectivity index (χ2n) is 14.6. The van der Waals surface area contributed by atoms with E-state index >= 15 is 0 Å². The molecule has 0 saturated carbocycles. The van der Waals surface area contributed by atoms with Crippen LogP contribution in [-0.4, -0.2) is 19.9 Å². The molecule has 7 aromatic carbocycles. The summed E-state index contributed by atoms with van der Waals surface area (Å²) in [6, 6.07) is 53.8. The Morgan fingerprint density at radius 2 is 0.982 bits per heavy atom. The van der Waals surface area contributed by atoms with Crippen LogP contribution in [0.2, 0.25) is 0 Å². The Kier molecular flexibility index (Phi) is 6.79. The largest absolute Gasteiger partial charge is 0.455 e. The molecular formula is C49H32N4O2. The molecule has 3 heterocycles. The summed E-state index contributed by atoms with van der Waals surface area (Å²) >= 11 is 0. The number of aromatic nitrogens is 4. The zero-order valence-electron chi connectivity index (χ0n) is 30.1. The Labute approximate surface area is 316 Å². The maximum absolute atomic E-state index is 6.93. The van der Waals surface area contributed by atoms with E-state index in [0.29, 0.717) is 23.4 Å². The van der Waals surface area contributed by atoms with Gasteiger partial charge in [0.25, 0.3) is 0 Å². The van der Waals surface area contributed by atoms with Crippen molar-refractivity contribution < 1.29 is 8.83 Å². The smallest absolute Gasteiger partial charge is 0.227 e. The number of benzene rings is 7. The van der Waals surface area contributed by atoms with Crippen LogP contribution in [0.1, 0.15) is 25.0 Å². The monoisotopic (exact) mass is 708 g/mol. The van der Waals surface area contributed by atoms with E-state index in [-0.39, 0.29) is 5.41 Å². The first-order chi connectivity index (χ1) is 27.0. The van der Waals surface area contributed by atoms with Gasteiger partial charge in [-0.15, -0.1) is 0 Å². The molecule has 0 unspecified atom stereocenters. The predicted octanol–water partition coefficient (Wildman–Crippen LogP) is 12.6. The molecule has 1 aliphatic carbocycles. The van der Waals surface area contributed by atoms with Gasteiger partial charge < -0.3 is 8.83 Å². The number of fused-ring (bicyclic) bond motifs is 8. The lowest BCUT2D eigenvalue weighted by molar-refractivity contribution is 0.618. The number of furan rings is 1. The number of rotatable bonds is 5. The fraction of sp³-hybridized carbons (Fsp3) is 0.0612. The molecule has 1 aliphatic rings. The molecule has 6 nitrogen and oxygen atoms in total. The molecule has 0 N–H and O–H groups in total. The van der Waals surface area contributed by atoms with Gasteiger partial charge in [0.15, 0.2) is 23.1 Å². The summed E-state index contributed by atoms with van der Waals surface area (Å²) < 4.78 is 13.5. The van der Waals surface area contributed by atoms with E-state index in [2.05, 4.69) is 74.5 Å². The number of oxazole rings is 1. The molecular weight excluding hydrogens is 677 g/mol. The summed E-state index contributed by atoms with van der Waals surface area (Å²) in [5.74, 6) is 2.41. The lowest BCUT2D eigenvalue weighted by atomic mass is 9.81. The second kappa shape index (κ2) is 11.9. The third-order valence-electron chi connectivity index (χ3n) is 11.0. The van der Waals surface area contributed by atoms with Gasteiger partial charge in [-0.25, -0.2) is 19.9 Å². The zero-order valence-corrected chi connectivity index (χ0v) is 30.1. The maximum Gasteiger partial charge on any atom is 0.227 e. The Bertz CT molecular complexity index is 3050. The molecule has 0 atom stereocenters. The van der Waals surface area contributed by atoms with Crippen LogP contribution in [0.25, 0.3) is 101 Å². The number of nitrogens with zero attached hydrogens (tertiary/aromatic N) is 4. The first-order valence-electron chi connectivity index (χ1n) is 18.5. The first kappa shape index (κ1) is 31.4. The van der Waals surface area contributed by atoms with Crippen molar-refractivity contribution in [1.82, 2.24) is 19.9 Å². The third kappa shape index (κ3) is 4.88. The molecule has 11 rings (SSSR count). The van der Waals surface area contributed by atoms with E-state index in [9.17, 15) is 0 Å². The molecule has 10 aromatic rings. The van der Waals surface area contributed by atoms with Crippen molar-refractivity contribution in [3.05, 3.63) is 169 Å². The minimum Gasteiger partial charge on any atom is -0.455 e. The SMILES string of the molecule is CC1(C)c2cc(-c3cccc4c3oc3c(-c5nc(-c6ccccc6)nc(-c6ccccc6)n5)cccc34)ccc2-c2c1ccc1nc(-c3ccccc3)oc21. The van der Waals surface area contributed by atoms with Crippen LogP contribution in [0, 0.1) is 0 Å². The van der Waals surface area contributed by atoms with E-state index in [4.69, 9.17) is 28.8 Å². The summed E-state index contributed by atoms with van der Waals surface area (Å²) in [6.07, 6.45) is 0. The van der Waals surface area contributed by atoms with E-state index in [1.165, 1.54) is 16.7 Å². The van der Waals surface area contributed by atoms with Crippen molar-refractivity contribution in [2.45, 2.75) is 19.3 Å². The van der Waals surface area contributed by atoms with E-state index < -0.39 is 0 Å². The van der Waals surface area contributed by atoms with Gasteiger partial charge in [0.2, 0.25) is 5.89 Å². The summed E-state index contributed by atoms with van der Waals surface area (Å²) in [5, 5.41) is 2.04. The molecule has 0 amide bonds. The molecule has 0 aliphatic heterocycles. The standard InChI is InChI=1S/C49H32N4O2/c1-49(2)38-26-27-40-44(55-48(50-40)31-18-10-5-11-19-31)41(38)36-25-24-32(28-39(36)49)33-20-12-21-34-35-22-13-23-37(43(35)54-42(33)34)47-52-45(29-14-6-3-7-15-29)51-46(53-47)30-16-8-4-9-17-30/h3-28H,1-2H3. The second-order valence-corrected chi connectivity index (χ2v) is 14.6. The van der Waals surface area contributed by atoms with Gasteiger partial charge in [-0.1, -0.05) is 141 Å². The molecule has 0 bridgehead atoms. The van der Waals surface area contributed by atoms with E-state index in [1.54, 1.807) is 0 Å². The molecule has 0 saturated heterocycles. The Hall–Kier alpha value is -7.18. The molecule has 0 fully saturated rings. The fourth-order valence-corrected chi connectivity index (χ4v) is 8.23. The van der Waals surface area contributed by atoms with Crippen molar-refractivity contribution in [2.24, 2.45) is 0 Å². The molecule has 55 heavy (non-hydrogen) atoms. The van der Waals surface area contributed by atoms with Crippen molar-refractivity contribution in [3.8, 4) is 67.9 Å².